The fourth-order valence-electron chi connectivity index (χ4n) is 3.16. The van der Waals surface area contributed by atoms with E-state index in [-0.39, 0.29) is 11.8 Å². The molecule has 0 spiro atoms. The lowest BCUT2D eigenvalue weighted by Crippen LogP contribution is -2.31. The van der Waals surface area contributed by atoms with Gasteiger partial charge in [-0.05, 0) is 61.6 Å². The number of fused-ring (bicyclic) bond motifs is 1. The molecule has 138 valence electrons. The Kier molecular flexibility index (Phi) is 4.46. The second-order valence-corrected chi connectivity index (χ2v) is 8.86. The van der Waals surface area contributed by atoms with Crippen LogP contribution in [-0.4, -0.2) is 19.2 Å². The molecule has 0 bridgehead atoms. The number of hydrogen-bond donors (Lipinski definition) is 1. The third-order valence-electron chi connectivity index (χ3n) is 4.83. The fourth-order valence-corrected chi connectivity index (χ4v) is 4.04. The minimum Gasteiger partial charge on any atom is -0.456 e. The van der Waals surface area contributed by atoms with Crippen molar-refractivity contribution in [3.8, 4) is 17.4 Å². The van der Waals surface area contributed by atoms with Crippen LogP contribution in [-0.2, 0) is 10.0 Å². The van der Waals surface area contributed by atoms with Gasteiger partial charge in [0.25, 0.3) is 0 Å². The van der Waals surface area contributed by atoms with E-state index in [0.717, 1.165) is 29.4 Å². The van der Waals surface area contributed by atoms with Crippen LogP contribution in [0.15, 0.2) is 47.1 Å². The third-order valence-corrected chi connectivity index (χ3v) is 6.20. The summed E-state index contributed by atoms with van der Waals surface area (Å²) in [5, 5.41) is 9.89. The van der Waals surface area contributed by atoms with Gasteiger partial charge in [-0.2, -0.15) is 5.26 Å². The predicted octanol–water partition coefficient (Wildman–Crippen LogP) is 3.76. The van der Waals surface area contributed by atoms with Crippen LogP contribution in [0, 0.1) is 17.2 Å². The van der Waals surface area contributed by atoms with Crippen molar-refractivity contribution in [2.75, 3.05) is 5.75 Å². The molecule has 27 heavy (non-hydrogen) atoms. The van der Waals surface area contributed by atoms with E-state index in [1.54, 1.807) is 37.5 Å². The molecule has 1 atom stereocenters. The number of nitriles is 1. The lowest BCUT2D eigenvalue weighted by Gasteiger charge is -2.18. The minimum atomic E-state index is -3.31. The van der Waals surface area contributed by atoms with Gasteiger partial charge in [0.05, 0.1) is 23.4 Å². The maximum Gasteiger partial charge on any atom is 0.211 e. The van der Waals surface area contributed by atoms with Gasteiger partial charge in [-0.25, -0.2) is 13.1 Å². The Hall–Kier alpha value is -2.69. The van der Waals surface area contributed by atoms with Gasteiger partial charge in [0.15, 0.2) is 0 Å². The first-order valence-electron chi connectivity index (χ1n) is 8.88. The molecule has 4 rings (SSSR count). The zero-order valence-electron chi connectivity index (χ0n) is 14.8. The standard InChI is InChI=1S/C20H19N3O3S/c1-2-27(24,25)23-20(14-4-5-14)17-8-16(11-22-12-17)19-9-15-7-13(10-21)3-6-18(15)26-19/h3,6-9,11-12,14,20,23H,2,4-5H2,1H3. The molecule has 2 aromatic heterocycles. The summed E-state index contributed by atoms with van der Waals surface area (Å²) in [6.45, 7) is 1.63. The van der Waals surface area contributed by atoms with Gasteiger partial charge < -0.3 is 4.42 Å². The average Bonchev–Trinajstić information content (AvgIpc) is 3.44. The highest BCUT2D eigenvalue weighted by Gasteiger charge is 2.35. The number of benzene rings is 1. The van der Waals surface area contributed by atoms with E-state index in [1.807, 2.05) is 12.1 Å². The summed E-state index contributed by atoms with van der Waals surface area (Å²) < 4.78 is 32.8. The number of furan rings is 1. The number of sulfonamides is 1. The van der Waals surface area contributed by atoms with E-state index in [0.29, 0.717) is 22.8 Å². The Morgan fingerprint density at radius 2 is 2.11 bits per heavy atom. The molecule has 0 saturated heterocycles. The number of hydrogen-bond acceptors (Lipinski definition) is 5. The molecule has 1 unspecified atom stereocenters. The number of pyridine rings is 1. The van der Waals surface area contributed by atoms with Gasteiger partial charge in [0, 0.05) is 23.3 Å². The Bertz CT molecular complexity index is 1140. The Labute approximate surface area is 157 Å². The Morgan fingerprint density at radius 3 is 2.81 bits per heavy atom. The van der Waals surface area contributed by atoms with Gasteiger partial charge in [0.2, 0.25) is 10.0 Å². The van der Waals surface area contributed by atoms with Crippen LogP contribution in [0.3, 0.4) is 0 Å². The van der Waals surface area contributed by atoms with Crippen LogP contribution < -0.4 is 4.72 Å². The molecule has 1 aromatic carbocycles. The van der Waals surface area contributed by atoms with E-state index < -0.39 is 10.0 Å². The maximum atomic E-state index is 12.1. The van der Waals surface area contributed by atoms with Crippen molar-refractivity contribution >= 4 is 21.0 Å². The molecule has 1 aliphatic carbocycles. The molecule has 1 N–H and O–H groups in total. The molecule has 2 heterocycles. The van der Waals surface area contributed by atoms with Crippen molar-refractivity contribution in [2.45, 2.75) is 25.8 Å². The van der Waals surface area contributed by atoms with Crippen molar-refractivity contribution in [3.05, 3.63) is 53.9 Å². The summed E-state index contributed by atoms with van der Waals surface area (Å²) in [5.74, 6) is 0.994. The summed E-state index contributed by atoms with van der Waals surface area (Å²) >= 11 is 0. The average molecular weight is 381 g/mol. The zero-order valence-corrected chi connectivity index (χ0v) is 15.7. The maximum absolute atomic E-state index is 12.1. The van der Waals surface area contributed by atoms with Crippen molar-refractivity contribution in [3.63, 3.8) is 0 Å². The second kappa shape index (κ2) is 6.80. The second-order valence-electron chi connectivity index (χ2n) is 6.82. The zero-order chi connectivity index (χ0) is 19.0. The van der Waals surface area contributed by atoms with Gasteiger partial charge in [0.1, 0.15) is 11.3 Å². The molecule has 6 nitrogen and oxygen atoms in total. The lowest BCUT2D eigenvalue weighted by molar-refractivity contribution is 0.529. The van der Waals surface area contributed by atoms with E-state index in [9.17, 15) is 8.42 Å². The van der Waals surface area contributed by atoms with E-state index in [1.165, 1.54) is 0 Å². The first kappa shape index (κ1) is 17.7. The van der Waals surface area contributed by atoms with E-state index in [4.69, 9.17) is 9.68 Å². The number of rotatable bonds is 6. The van der Waals surface area contributed by atoms with Crippen LogP contribution in [0.4, 0.5) is 0 Å². The smallest absolute Gasteiger partial charge is 0.211 e. The molecule has 1 aliphatic rings. The molecule has 0 radical (unpaired) electrons. The molecule has 3 aromatic rings. The monoisotopic (exact) mass is 381 g/mol. The highest BCUT2D eigenvalue weighted by molar-refractivity contribution is 7.89. The summed E-state index contributed by atoms with van der Waals surface area (Å²) in [6, 6.07) is 10.9. The first-order chi connectivity index (χ1) is 13.0. The topological polar surface area (TPSA) is 96.0 Å². The highest BCUT2D eigenvalue weighted by atomic mass is 32.2. The van der Waals surface area contributed by atoms with Crippen molar-refractivity contribution < 1.29 is 12.8 Å². The summed E-state index contributed by atoms with van der Waals surface area (Å²) in [4.78, 5) is 4.30. The Balaban J connectivity index is 1.70. The van der Waals surface area contributed by atoms with Gasteiger partial charge in [-0.1, -0.05) is 0 Å². The largest absolute Gasteiger partial charge is 0.456 e. The third kappa shape index (κ3) is 3.72. The Morgan fingerprint density at radius 1 is 1.30 bits per heavy atom. The molecule has 1 saturated carbocycles. The van der Waals surface area contributed by atoms with Crippen LogP contribution >= 0.6 is 0 Å². The van der Waals surface area contributed by atoms with Gasteiger partial charge in [-0.15, -0.1) is 0 Å². The number of nitrogens with one attached hydrogen (secondary N) is 1. The number of nitrogens with zero attached hydrogens (tertiary/aromatic N) is 2. The van der Waals surface area contributed by atoms with E-state index in [2.05, 4.69) is 15.8 Å². The molecule has 0 amide bonds. The van der Waals surface area contributed by atoms with Crippen molar-refractivity contribution in [2.24, 2.45) is 5.92 Å². The van der Waals surface area contributed by atoms with Gasteiger partial charge in [-0.3, -0.25) is 4.98 Å². The van der Waals surface area contributed by atoms with E-state index >= 15 is 0 Å². The molecular weight excluding hydrogens is 362 g/mol. The summed E-state index contributed by atoms with van der Waals surface area (Å²) in [7, 11) is -3.31. The summed E-state index contributed by atoms with van der Waals surface area (Å²) in [5.41, 5.74) is 2.89. The fraction of sp³-hybridized carbons (Fsp3) is 0.300. The van der Waals surface area contributed by atoms with Crippen molar-refractivity contribution in [1.29, 1.82) is 5.26 Å². The van der Waals surface area contributed by atoms with Crippen LogP contribution in [0.25, 0.3) is 22.3 Å². The van der Waals surface area contributed by atoms with Crippen LogP contribution in [0.2, 0.25) is 0 Å². The lowest BCUT2D eigenvalue weighted by atomic mass is 10.0. The number of aromatic nitrogens is 1. The van der Waals surface area contributed by atoms with Crippen LogP contribution in [0.1, 0.15) is 36.9 Å². The molecule has 1 fully saturated rings. The van der Waals surface area contributed by atoms with Crippen molar-refractivity contribution in [1.82, 2.24) is 9.71 Å². The normalized spacial score (nSPS) is 15.6. The molecular formula is C20H19N3O3S. The minimum absolute atomic E-state index is 0.0497. The van der Waals surface area contributed by atoms with Crippen LogP contribution in [0.5, 0.6) is 0 Å². The quantitative estimate of drug-likeness (QED) is 0.701. The summed E-state index contributed by atoms with van der Waals surface area (Å²) in [6.07, 6.45) is 5.41. The van der Waals surface area contributed by atoms with Gasteiger partial charge >= 0.3 is 0 Å². The SMILES string of the molecule is CCS(=O)(=O)NC(c1cncc(-c2cc3cc(C#N)ccc3o2)c1)C1CC1. The molecule has 7 heteroatoms. The first-order valence-corrected chi connectivity index (χ1v) is 10.5. The highest BCUT2D eigenvalue weighted by Crippen LogP contribution is 2.42. The molecule has 0 aliphatic heterocycles. The predicted molar refractivity (Wildman–Crippen MR) is 102 cm³/mol.